The van der Waals surface area contributed by atoms with Crippen molar-refractivity contribution >= 4 is 17.7 Å². The number of fused-ring (bicyclic) bond motifs is 1. The summed E-state index contributed by atoms with van der Waals surface area (Å²) >= 11 is 0. The van der Waals surface area contributed by atoms with Crippen LogP contribution in [0.15, 0.2) is 42.6 Å². The molecular formula is C19H17N3O3. The molecule has 3 amide bonds. The molecule has 2 aromatic rings. The Bertz CT molecular complexity index is 863. The Morgan fingerprint density at radius 2 is 2.00 bits per heavy atom. The van der Waals surface area contributed by atoms with Crippen molar-refractivity contribution in [3.63, 3.8) is 0 Å². The summed E-state index contributed by atoms with van der Waals surface area (Å²) in [5, 5.41) is 2.37. The molecule has 6 heteroatoms. The molecule has 0 bridgehead atoms. The number of hydrogen-bond donors (Lipinski definition) is 1. The third-order valence-electron chi connectivity index (χ3n) is 4.72. The van der Waals surface area contributed by atoms with Gasteiger partial charge in [-0.25, -0.2) is 0 Å². The zero-order valence-electron chi connectivity index (χ0n) is 13.6. The summed E-state index contributed by atoms with van der Waals surface area (Å²) in [7, 11) is 0. The second-order valence-corrected chi connectivity index (χ2v) is 6.34. The molecule has 3 heterocycles. The third kappa shape index (κ3) is 2.80. The first-order chi connectivity index (χ1) is 12.1. The Morgan fingerprint density at radius 1 is 1.12 bits per heavy atom. The predicted molar refractivity (Wildman–Crippen MR) is 90.3 cm³/mol. The minimum absolute atomic E-state index is 0.155. The van der Waals surface area contributed by atoms with Crippen molar-refractivity contribution in [1.29, 1.82) is 0 Å². The van der Waals surface area contributed by atoms with Crippen molar-refractivity contribution in [2.45, 2.75) is 31.8 Å². The zero-order chi connectivity index (χ0) is 17.4. The number of carbonyl (C=O) groups is 3. The number of hydrogen-bond acceptors (Lipinski definition) is 4. The summed E-state index contributed by atoms with van der Waals surface area (Å²) in [5.74, 6) is -0.806. The highest BCUT2D eigenvalue weighted by Gasteiger charge is 2.37. The molecule has 25 heavy (non-hydrogen) atoms. The van der Waals surface area contributed by atoms with Crippen LogP contribution in [0.3, 0.4) is 0 Å². The topological polar surface area (TPSA) is 79.4 Å². The van der Waals surface area contributed by atoms with Gasteiger partial charge in [-0.1, -0.05) is 12.1 Å². The van der Waals surface area contributed by atoms with Crippen LogP contribution < -0.4 is 5.32 Å². The molecule has 0 saturated carbocycles. The molecule has 1 aromatic carbocycles. The standard InChI is InChI=1S/C19H17N3O3/c23-17-6-3-5-16(18(24)21-17)22-11-13-10-12(7-8-14(13)19(22)25)15-4-1-2-9-20-15/h1-2,4,7-10,16H,3,5-6,11H2,(H,21,23,24). The monoisotopic (exact) mass is 335 g/mol. The van der Waals surface area contributed by atoms with Crippen molar-refractivity contribution in [2.24, 2.45) is 0 Å². The van der Waals surface area contributed by atoms with Gasteiger partial charge in [0.15, 0.2) is 0 Å². The smallest absolute Gasteiger partial charge is 0.255 e. The quantitative estimate of drug-likeness (QED) is 0.850. The summed E-state index contributed by atoms with van der Waals surface area (Å²) in [4.78, 5) is 42.4. The first-order valence-electron chi connectivity index (χ1n) is 8.32. The molecule has 2 aliphatic heterocycles. The van der Waals surface area contributed by atoms with Crippen LogP contribution >= 0.6 is 0 Å². The summed E-state index contributed by atoms with van der Waals surface area (Å²) in [6.45, 7) is 0.376. The van der Waals surface area contributed by atoms with Gasteiger partial charge in [0.25, 0.3) is 5.91 Å². The Hall–Kier alpha value is -3.02. The fourth-order valence-corrected chi connectivity index (χ4v) is 3.46. The number of benzene rings is 1. The van der Waals surface area contributed by atoms with Crippen molar-refractivity contribution < 1.29 is 14.4 Å². The highest BCUT2D eigenvalue weighted by atomic mass is 16.2. The second-order valence-electron chi connectivity index (χ2n) is 6.34. The van der Waals surface area contributed by atoms with Crippen LogP contribution in [0.2, 0.25) is 0 Å². The number of imide groups is 1. The highest BCUT2D eigenvalue weighted by Crippen LogP contribution is 2.30. The second kappa shape index (κ2) is 6.12. The SMILES string of the molecule is O=C1CCCC(N2Cc3cc(-c4ccccn4)ccc3C2=O)C(=O)N1. The van der Waals surface area contributed by atoms with Crippen LogP contribution in [0, 0.1) is 0 Å². The molecule has 0 aliphatic carbocycles. The van der Waals surface area contributed by atoms with Crippen LogP contribution in [0.5, 0.6) is 0 Å². The van der Waals surface area contributed by atoms with Crippen LogP contribution in [-0.2, 0) is 16.1 Å². The maximum atomic E-state index is 12.7. The van der Waals surface area contributed by atoms with Gasteiger partial charge in [-0.15, -0.1) is 0 Å². The Kier molecular flexibility index (Phi) is 3.80. The van der Waals surface area contributed by atoms with Gasteiger partial charge in [0.2, 0.25) is 11.8 Å². The van der Waals surface area contributed by atoms with Gasteiger partial charge >= 0.3 is 0 Å². The van der Waals surface area contributed by atoms with Crippen LogP contribution in [0.25, 0.3) is 11.3 Å². The van der Waals surface area contributed by atoms with E-state index in [2.05, 4.69) is 10.3 Å². The van der Waals surface area contributed by atoms with Gasteiger partial charge in [0, 0.05) is 30.3 Å². The van der Waals surface area contributed by atoms with Crippen molar-refractivity contribution in [2.75, 3.05) is 0 Å². The predicted octanol–water partition coefficient (Wildman–Crippen LogP) is 1.90. The molecule has 1 N–H and O–H groups in total. The van der Waals surface area contributed by atoms with Crippen molar-refractivity contribution in [1.82, 2.24) is 15.2 Å². The summed E-state index contributed by atoms with van der Waals surface area (Å²) in [6, 6.07) is 10.7. The van der Waals surface area contributed by atoms with E-state index >= 15 is 0 Å². The minimum atomic E-state index is -0.593. The summed E-state index contributed by atoms with van der Waals surface area (Å²) in [6.07, 6.45) is 3.15. The highest BCUT2D eigenvalue weighted by molar-refractivity contribution is 6.04. The number of carbonyl (C=O) groups excluding carboxylic acids is 3. The molecule has 2 aliphatic rings. The zero-order valence-corrected chi connectivity index (χ0v) is 13.6. The lowest BCUT2D eigenvalue weighted by Crippen LogP contribution is -2.46. The first kappa shape index (κ1) is 15.5. The van der Waals surface area contributed by atoms with E-state index in [9.17, 15) is 14.4 Å². The minimum Gasteiger partial charge on any atom is -0.322 e. The number of amides is 3. The number of aromatic nitrogens is 1. The number of pyridine rings is 1. The molecular weight excluding hydrogens is 318 g/mol. The van der Waals surface area contributed by atoms with E-state index in [0.29, 0.717) is 31.4 Å². The van der Waals surface area contributed by atoms with E-state index in [1.165, 1.54) is 0 Å². The van der Waals surface area contributed by atoms with E-state index in [1.54, 1.807) is 17.2 Å². The molecule has 6 nitrogen and oxygen atoms in total. The molecule has 1 aromatic heterocycles. The van der Waals surface area contributed by atoms with Gasteiger partial charge in [0.05, 0.1) is 5.69 Å². The molecule has 4 rings (SSSR count). The summed E-state index contributed by atoms with van der Waals surface area (Å²) in [5.41, 5.74) is 3.28. The molecule has 0 spiro atoms. The first-order valence-corrected chi connectivity index (χ1v) is 8.32. The molecule has 126 valence electrons. The van der Waals surface area contributed by atoms with Crippen molar-refractivity contribution in [3.05, 3.63) is 53.7 Å². The fourth-order valence-electron chi connectivity index (χ4n) is 3.46. The van der Waals surface area contributed by atoms with Gasteiger partial charge in [0.1, 0.15) is 6.04 Å². The van der Waals surface area contributed by atoms with E-state index in [-0.39, 0.29) is 17.7 Å². The largest absolute Gasteiger partial charge is 0.322 e. The lowest BCUT2D eigenvalue weighted by Gasteiger charge is -2.24. The third-order valence-corrected chi connectivity index (χ3v) is 4.72. The van der Waals surface area contributed by atoms with E-state index in [1.807, 2.05) is 30.3 Å². The molecule has 1 fully saturated rings. The fraction of sp³-hybridized carbons (Fsp3) is 0.263. The number of nitrogens with zero attached hydrogens (tertiary/aromatic N) is 2. The molecule has 1 saturated heterocycles. The summed E-state index contributed by atoms with van der Waals surface area (Å²) < 4.78 is 0. The Morgan fingerprint density at radius 3 is 2.80 bits per heavy atom. The van der Waals surface area contributed by atoms with Crippen LogP contribution in [-0.4, -0.2) is 33.6 Å². The molecule has 1 atom stereocenters. The van der Waals surface area contributed by atoms with Gasteiger partial charge in [-0.05, 0) is 42.7 Å². The average molecular weight is 335 g/mol. The Balaban J connectivity index is 1.63. The van der Waals surface area contributed by atoms with Crippen LogP contribution in [0.1, 0.15) is 35.2 Å². The molecule has 1 unspecified atom stereocenters. The maximum absolute atomic E-state index is 12.7. The average Bonchev–Trinajstić information content (AvgIpc) is 2.84. The number of nitrogens with one attached hydrogen (secondary N) is 1. The van der Waals surface area contributed by atoms with Crippen molar-refractivity contribution in [3.8, 4) is 11.3 Å². The van der Waals surface area contributed by atoms with Gasteiger partial charge in [-0.2, -0.15) is 0 Å². The lowest BCUT2D eigenvalue weighted by molar-refractivity contribution is -0.132. The van der Waals surface area contributed by atoms with E-state index in [0.717, 1.165) is 16.8 Å². The van der Waals surface area contributed by atoms with E-state index < -0.39 is 6.04 Å². The number of rotatable bonds is 2. The maximum Gasteiger partial charge on any atom is 0.255 e. The van der Waals surface area contributed by atoms with Gasteiger partial charge in [-0.3, -0.25) is 24.7 Å². The normalized spacial score (nSPS) is 20.2. The van der Waals surface area contributed by atoms with Gasteiger partial charge < -0.3 is 4.90 Å². The molecule has 0 radical (unpaired) electrons. The van der Waals surface area contributed by atoms with Crippen LogP contribution in [0.4, 0.5) is 0 Å². The van der Waals surface area contributed by atoms with E-state index in [4.69, 9.17) is 0 Å². The Labute approximate surface area is 144 Å². The lowest BCUT2D eigenvalue weighted by atomic mass is 10.0.